The summed E-state index contributed by atoms with van der Waals surface area (Å²) in [4.78, 5) is 25.5. The van der Waals surface area contributed by atoms with E-state index in [0.717, 1.165) is 16.8 Å². The number of hydrogen-bond acceptors (Lipinski definition) is 4. The summed E-state index contributed by atoms with van der Waals surface area (Å²) < 4.78 is 9.65. The third-order valence-electron chi connectivity index (χ3n) is 3.15. The molecule has 0 aliphatic carbocycles. The van der Waals surface area contributed by atoms with Gasteiger partial charge in [-0.25, -0.2) is 4.79 Å². The number of carbonyl (C=O) groups excluding carboxylic acids is 2. The van der Waals surface area contributed by atoms with Crippen molar-refractivity contribution < 1.29 is 41.4 Å². The van der Waals surface area contributed by atoms with Crippen LogP contribution in [0.5, 0.6) is 0 Å². The van der Waals surface area contributed by atoms with E-state index in [1.165, 1.54) is 19.1 Å². The summed E-state index contributed by atoms with van der Waals surface area (Å²) in [6, 6.07) is 5.01. The molecular weight excluding hydrogens is 455 g/mol. The number of rotatable bonds is 5. The van der Waals surface area contributed by atoms with Crippen LogP contribution in [0.2, 0.25) is 0 Å². The van der Waals surface area contributed by atoms with Gasteiger partial charge in [-0.15, -0.1) is 0 Å². The van der Waals surface area contributed by atoms with E-state index in [1.54, 1.807) is 6.92 Å². The van der Waals surface area contributed by atoms with E-state index in [1.807, 2.05) is 32.0 Å². The Morgan fingerprint density at radius 3 is 2.14 bits per heavy atom. The van der Waals surface area contributed by atoms with Crippen LogP contribution < -0.4 is 4.90 Å². The molecule has 0 aliphatic rings. The van der Waals surface area contributed by atoms with Crippen molar-refractivity contribution in [2.24, 2.45) is 0 Å². The second kappa shape index (κ2) is 9.00. The first-order valence-electron chi connectivity index (χ1n) is 6.39. The number of methoxy groups -OCH3 is 2. The van der Waals surface area contributed by atoms with Crippen LogP contribution in [0.1, 0.15) is 18.1 Å². The topological polar surface area (TPSA) is 55.8 Å². The van der Waals surface area contributed by atoms with Gasteiger partial charge in [-0.2, -0.15) is 0 Å². The molecule has 1 atom stereocenters. The van der Waals surface area contributed by atoms with E-state index in [0.29, 0.717) is 0 Å². The van der Waals surface area contributed by atoms with Gasteiger partial charge in [0.05, 0.1) is 12.8 Å². The number of amides is 1. The Hall–Kier alpha value is -1.14. The fourth-order valence-electron chi connectivity index (χ4n) is 2.19. The summed E-state index contributed by atoms with van der Waals surface area (Å²) in [5.74, 6) is -0.736. The predicted octanol–water partition coefficient (Wildman–Crippen LogP) is 1.84. The number of benzene rings is 1. The zero-order valence-corrected chi connectivity index (χ0v) is 15.1. The minimum atomic E-state index is -0.706. The number of anilines is 1. The van der Waals surface area contributed by atoms with Gasteiger partial charge in [-0.3, -0.25) is 9.69 Å². The van der Waals surface area contributed by atoms with E-state index < -0.39 is 12.0 Å². The van der Waals surface area contributed by atoms with E-state index in [4.69, 9.17) is 9.47 Å². The molecule has 0 spiro atoms. The molecule has 0 heterocycles. The fraction of sp³-hybridized carbons (Fsp3) is 0.467. The Labute approximate surface area is 141 Å². The molecule has 1 amide bonds. The summed E-state index contributed by atoms with van der Waals surface area (Å²) in [6.45, 7) is 5.36. The molecule has 6 heteroatoms. The van der Waals surface area contributed by atoms with Crippen LogP contribution >= 0.6 is 0 Å². The molecule has 0 fully saturated rings. The molecule has 21 heavy (non-hydrogen) atoms. The van der Waals surface area contributed by atoms with Gasteiger partial charge in [-0.05, 0) is 31.9 Å². The summed E-state index contributed by atoms with van der Waals surface area (Å²) in [5.41, 5.74) is 2.57. The smallest absolute Gasteiger partial charge is 0.328 e. The zero-order chi connectivity index (χ0) is 15.3. The Balaban J connectivity index is 0.00000400. The molecule has 5 nitrogen and oxygen atoms in total. The molecule has 1 rings (SSSR count). The predicted molar refractivity (Wildman–Crippen MR) is 76.8 cm³/mol. The average molecular weight is 476 g/mol. The SMILES string of the molecule is COCC(=O)N(c1c(C)cccc1C)C(C)C(=O)OC.[Au]. The summed E-state index contributed by atoms with van der Waals surface area (Å²) in [7, 11) is 2.76. The summed E-state index contributed by atoms with van der Waals surface area (Å²) in [5, 5.41) is 0. The molecule has 121 valence electrons. The minimum Gasteiger partial charge on any atom is -0.467 e. The minimum absolute atomic E-state index is 0. The zero-order valence-electron chi connectivity index (χ0n) is 12.9. The third kappa shape index (κ3) is 4.68. The van der Waals surface area contributed by atoms with E-state index in [-0.39, 0.29) is 34.9 Å². The number of ether oxygens (including phenoxy) is 2. The monoisotopic (exact) mass is 476 g/mol. The van der Waals surface area contributed by atoms with Crippen LogP contribution in [-0.2, 0) is 41.4 Å². The molecule has 0 N–H and O–H groups in total. The average Bonchev–Trinajstić information content (AvgIpc) is 2.41. The number of hydrogen-bond donors (Lipinski definition) is 0. The van der Waals surface area contributed by atoms with Crippen LogP contribution in [0.4, 0.5) is 5.69 Å². The van der Waals surface area contributed by atoms with Crippen molar-refractivity contribution in [1.29, 1.82) is 0 Å². The van der Waals surface area contributed by atoms with Crippen LogP contribution in [0.25, 0.3) is 0 Å². The first-order valence-corrected chi connectivity index (χ1v) is 6.39. The van der Waals surface area contributed by atoms with Gasteiger partial charge in [-0.1, -0.05) is 18.2 Å². The number of nitrogens with zero attached hydrogens (tertiary/aromatic N) is 1. The molecular formula is C15H21AuNO4. The quantitative estimate of drug-likeness (QED) is 0.481. The molecule has 0 saturated carbocycles. The van der Waals surface area contributed by atoms with Gasteiger partial charge < -0.3 is 9.47 Å². The number of para-hydroxylation sites is 1. The van der Waals surface area contributed by atoms with Gasteiger partial charge in [0, 0.05) is 29.5 Å². The molecule has 0 saturated heterocycles. The van der Waals surface area contributed by atoms with Gasteiger partial charge in [0.15, 0.2) is 0 Å². The maximum Gasteiger partial charge on any atom is 0.328 e. The maximum absolute atomic E-state index is 12.3. The van der Waals surface area contributed by atoms with Crippen LogP contribution in [0.3, 0.4) is 0 Å². The Kier molecular flexibility index (Phi) is 8.51. The fourth-order valence-corrected chi connectivity index (χ4v) is 2.19. The molecule has 0 bridgehead atoms. The molecule has 0 aliphatic heterocycles. The first kappa shape index (κ1) is 19.9. The van der Waals surface area contributed by atoms with Crippen molar-refractivity contribution in [3.8, 4) is 0 Å². The van der Waals surface area contributed by atoms with Crippen molar-refractivity contribution in [1.82, 2.24) is 0 Å². The van der Waals surface area contributed by atoms with Crippen molar-refractivity contribution in [2.45, 2.75) is 26.8 Å². The summed E-state index contributed by atoms with van der Waals surface area (Å²) in [6.07, 6.45) is 0. The molecule has 0 aromatic heterocycles. The Bertz CT molecular complexity index is 484. The normalized spacial score (nSPS) is 11.3. The Morgan fingerprint density at radius 2 is 1.71 bits per heavy atom. The van der Waals surface area contributed by atoms with Crippen molar-refractivity contribution in [3.05, 3.63) is 29.3 Å². The Morgan fingerprint density at radius 1 is 1.19 bits per heavy atom. The standard InChI is InChI=1S/C15H21NO4.Au/c1-10-7-6-8-11(2)14(10)16(13(17)9-19-4)12(3)15(18)20-5;/h6-8,12H,9H2,1-5H3;. The largest absolute Gasteiger partial charge is 0.467 e. The number of carbonyl (C=O) groups is 2. The second-order valence-corrected chi connectivity index (χ2v) is 4.64. The van der Waals surface area contributed by atoms with Crippen molar-refractivity contribution in [3.63, 3.8) is 0 Å². The number of aryl methyl sites for hydroxylation is 2. The van der Waals surface area contributed by atoms with Gasteiger partial charge in [0.1, 0.15) is 12.6 Å². The molecule has 1 aromatic rings. The van der Waals surface area contributed by atoms with E-state index in [2.05, 4.69) is 0 Å². The second-order valence-electron chi connectivity index (χ2n) is 4.64. The first-order chi connectivity index (χ1) is 9.43. The molecule has 1 radical (unpaired) electrons. The maximum atomic E-state index is 12.3. The molecule has 1 aromatic carbocycles. The van der Waals surface area contributed by atoms with E-state index in [9.17, 15) is 9.59 Å². The van der Waals surface area contributed by atoms with Crippen LogP contribution in [0, 0.1) is 13.8 Å². The summed E-state index contributed by atoms with van der Waals surface area (Å²) >= 11 is 0. The molecule has 1 unspecified atom stereocenters. The number of esters is 1. The van der Waals surface area contributed by atoms with Crippen molar-refractivity contribution in [2.75, 3.05) is 25.7 Å². The van der Waals surface area contributed by atoms with Gasteiger partial charge in [0.2, 0.25) is 0 Å². The van der Waals surface area contributed by atoms with E-state index >= 15 is 0 Å². The van der Waals surface area contributed by atoms with Gasteiger partial charge in [0.25, 0.3) is 5.91 Å². The van der Waals surface area contributed by atoms with Crippen molar-refractivity contribution >= 4 is 17.6 Å². The van der Waals surface area contributed by atoms with Crippen LogP contribution in [0.15, 0.2) is 18.2 Å². The van der Waals surface area contributed by atoms with Crippen LogP contribution in [-0.4, -0.2) is 38.7 Å². The third-order valence-corrected chi connectivity index (χ3v) is 3.15. The van der Waals surface area contributed by atoms with Gasteiger partial charge >= 0.3 is 5.97 Å².